The zero-order chi connectivity index (χ0) is 13.1. The summed E-state index contributed by atoms with van der Waals surface area (Å²) in [6.45, 7) is 21.7. The van der Waals surface area contributed by atoms with Crippen molar-refractivity contribution in [1.29, 1.82) is 0 Å². The first-order valence-electron chi connectivity index (χ1n) is 6.68. The second-order valence-electron chi connectivity index (χ2n) is 7.17. The van der Waals surface area contributed by atoms with Crippen molar-refractivity contribution in [1.82, 2.24) is 0 Å². The van der Waals surface area contributed by atoms with E-state index in [0.29, 0.717) is 16.6 Å². The molecule has 0 atom stereocenters. The zero-order valence-electron chi connectivity index (χ0n) is 12.8. The number of hydrogen-bond acceptors (Lipinski definition) is 1. The van der Waals surface area contributed by atoms with Gasteiger partial charge in [-0.05, 0) is 22.0 Å². The van der Waals surface area contributed by atoms with Crippen LogP contribution >= 0.6 is 0 Å². The van der Waals surface area contributed by atoms with E-state index in [-0.39, 0.29) is 5.41 Å². The van der Waals surface area contributed by atoms with E-state index in [1.807, 2.05) is 0 Å². The second-order valence-corrected chi connectivity index (χ2v) is 12.6. The molecule has 0 aromatic rings. The maximum absolute atomic E-state index is 6.52. The van der Waals surface area contributed by atoms with E-state index in [1.54, 1.807) is 0 Å². The van der Waals surface area contributed by atoms with Crippen LogP contribution in [0.5, 0.6) is 0 Å². The molecule has 0 aromatic carbocycles. The smallest absolute Gasteiger partial charge is 0.200 e. The molecule has 0 heterocycles. The minimum absolute atomic E-state index is 0.275. The lowest BCUT2D eigenvalue weighted by Gasteiger charge is -2.43. The molecule has 98 valence electrons. The van der Waals surface area contributed by atoms with Crippen LogP contribution in [0.1, 0.15) is 62.3 Å². The molecule has 0 aromatic heterocycles. The average molecular weight is 244 g/mol. The van der Waals surface area contributed by atoms with Gasteiger partial charge in [0.15, 0.2) is 8.32 Å². The van der Waals surface area contributed by atoms with Crippen LogP contribution in [-0.4, -0.2) is 14.9 Å². The summed E-state index contributed by atoms with van der Waals surface area (Å²) in [6.07, 6.45) is 0. The predicted molar refractivity (Wildman–Crippen MR) is 76.5 cm³/mol. The molecule has 0 fully saturated rings. The Morgan fingerprint density at radius 1 is 0.812 bits per heavy atom. The van der Waals surface area contributed by atoms with Gasteiger partial charge in [-0.3, -0.25) is 0 Å². The summed E-state index contributed by atoms with van der Waals surface area (Å²) in [5.41, 5.74) is 2.34. The minimum Gasteiger partial charge on any atom is -0.416 e. The summed E-state index contributed by atoms with van der Waals surface area (Å²) in [5.74, 6) is 0. The monoisotopic (exact) mass is 244 g/mol. The molecule has 0 spiro atoms. The van der Waals surface area contributed by atoms with Gasteiger partial charge in [0, 0.05) is 6.61 Å². The van der Waals surface area contributed by atoms with Crippen molar-refractivity contribution >= 4 is 8.32 Å². The Morgan fingerprint density at radius 2 is 1.12 bits per heavy atom. The van der Waals surface area contributed by atoms with Gasteiger partial charge < -0.3 is 4.43 Å². The first-order valence-corrected chi connectivity index (χ1v) is 8.82. The van der Waals surface area contributed by atoms with Gasteiger partial charge in [-0.15, -0.1) is 0 Å². The van der Waals surface area contributed by atoms with Crippen LogP contribution < -0.4 is 0 Å². The third kappa shape index (κ3) is 3.88. The Morgan fingerprint density at radius 3 is 1.31 bits per heavy atom. The SMILES string of the molecule is CC(C)[Si](OCC(C)(C)C)(C(C)C)C(C)C. The van der Waals surface area contributed by atoms with Crippen molar-refractivity contribution in [3.05, 3.63) is 0 Å². The second kappa shape index (κ2) is 5.68. The molecule has 0 N–H and O–H groups in total. The van der Waals surface area contributed by atoms with E-state index in [4.69, 9.17) is 4.43 Å². The van der Waals surface area contributed by atoms with Crippen molar-refractivity contribution in [3.63, 3.8) is 0 Å². The Balaban J connectivity index is 4.92. The molecule has 0 saturated heterocycles. The molecule has 0 aliphatic heterocycles. The number of hydrogen-bond donors (Lipinski definition) is 0. The molecule has 16 heavy (non-hydrogen) atoms. The topological polar surface area (TPSA) is 9.23 Å². The van der Waals surface area contributed by atoms with Crippen molar-refractivity contribution in [2.75, 3.05) is 6.61 Å². The quantitative estimate of drug-likeness (QED) is 0.602. The van der Waals surface area contributed by atoms with Gasteiger partial charge in [-0.25, -0.2) is 0 Å². The molecule has 0 radical (unpaired) electrons. The Bertz CT molecular complexity index is 179. The highest BCUT2D eigenvalue weighted by molar-refractivity contribution is 6.77. The highest BCUT2D eigenvalue weighted by atomic mass is 28.4. The van der Waals surface area contributed by atoms with E-state index in [0.717, 1.165) is 6.61 Å². The van der Waals surface area contributed by atoms with Crippen LogP contribution in [0.4, 0.5) is 0 Å². The molecule has 0 bridgehead atoms. The van der Waals surface area contributed by atoms with Gasteiger partial charge in [0.1, 0.15) is 0 Å². The lowest BCUT2D eigenvalue weighted by Crippen LogP contribution is -2.49. The summed E-state index contributed by atoms with van der Waals surface area (Å²) in [7, 11) is -1.64. The van der Waals surface area contributed by atoms with E-state index >= 15 is 0 Å². The van der Waals surface area contributed by atoms with Crippen molar-refractivity contribution in [2.24, 2.45) is 5.41 Å². The third-order valence-corrected chi connectivity index (χ3v) is 9.52. The fraction of sp³-hybridized carbons (Fsp3) is 1.00. The molecule has 0 aliphatic rings. The third-order valence-electron chi connectivity index (χ3n) is 3.46. The molecular weight excluding hydrogens is 212 g/mol. The molecule has 0 rings (SSSR count). The largest absolute Gasteiger partial charge is 0.416 e. The van der Waals surface area contributed by atoms with Crippen molar-refractivity contribution < 1.29 is 4.43 Å². The van der Waals surface area contributed by atoms with Crippen LogP contribution in [0.15, 0.2) is 0 Å². The van der Waals surface area contributed by atoms with Gasteiger partial charge in [0.25, 0.3) is 0 Å². The van der Waals surface area contributed by atoms with E-state index < -0.39 is 8.32 Å². The molecule has 2 heteroatoms. The predicted octanol–water partition coefficient (Wildman–Crippen LogP) is 5.22. The highest BCUT2D eigenvalue weighted by Gasteiger charge is 2.45. The van der Waals surface area contributed by atoms with Crippen LogP contribution in [0.3, 0.4) is 0 Å². The standard InChI is InChI=1S/C14H32OSi/c1-11(2)16(12(3)4,13(5)6)15-10-14(7,8)9/h11-13H,10H2,1-9H3. The van der Waals surface area contributed by atoms with Gasteiger partial charge >= 0.3 is 0 Å². The maximum atomic E-state index is 6.52. The summed E-state index contributed by atoms with van der Waals surface area (Å²) < 4.78 is 6.52. The van der Waals surface area contributed by atoms with E-state index in [9.17, 15) is 0 Å². The van der Waals surface area contributed by atoms with E-state index in [1.165, 1.54) is 0 Å². The van der Waals surface area contributed by atoms with Crippen LogP contribution in [-0.2, 0) is 4.43 Å². The Kier molecular flexibility index (Phi) is 5.74. The van der Waals surface area contributed by atoms with Gasteiger partial charge in [-0.1, -0.05) is 62.3 Å². The highest BCUT2D eigenvalue weighted by Crippen LogP contribution is 2.42. The lowest BCUT2D eigenvalue weighted by atomic mass is 9.99. The molecule has 0 amide bonds. The van der Waals surface area contributed by atoms with Gasteiger partial charge in [-0.2, -0.15) is 0 Å². The lowest BCUT2D eigenvalue weighted by molar-refractivity contribution is 0.175. The number of rotatable bonds is 5. The minimum atomic E-state index is -1.64. The van der Waals surface area contributed by atoms with Gasteiger partial charge in [0.05, 0.1) is 0 Å². The summed E-state index contributed by atoms with van der Waals surface area (Å²) in [5, 5.41) is 0. The molecule has 1 nitrogen and oxygen atoms in total. The fourth-order valence-corrected chi connectivity index (χ4v) is 8.52. The Hall–Kier alpha value is 0.177. The van der Waals surface area contributed by atoms with Crippen LogP contribution in [0, 0.1) is 5.41 Å². The van der Waals surface area contributed by atoms with Crippen LogP contribution in [0.2, 0.25) is 16.6 Å². The zero-order valence-corrected chi connectivity index (χ0v) is 13.8. The van der Waals surface area contributed by atoms with Crippen molar-refractivity contribution in [3.8, 4) is 0 Å². The molecule has 0 saturated carbocycles. The summed E-state index contributed by atoms with van der Waals surface area (Å²) in [4.78, 5) is 0. The molecule has 0 aliphatic carbocycles. The van der Waals surface area contributed by atoms with Crippen LogP contribution in [0.25, 0.3) is 0 Å². The van der Waals surface area contributed by atoms with Crippen molar-refractivity contribution in [2.45, 2.75) is 78.9 Å². The van der Waals surface area contributed by atoms with E-state index in [2.05, 4.69) is 62.3 Å². The van der Waals surface area contributed by atoms with Gasteiger partial charge in [0.2, 0.25) is 0 Å². The molecule has 0 unspecified atom stereocenters. The maximum Gasteiger partial charge on any atom is 0.200 e. The Labute approximate surface area is 104 Å². The molecular formula is C14H32OSi. The first-order chi connectivity index (χ1) is 7.04. The average Bonchev–Trinajstić information content (AvgIpc) is 2.00. The summed E-state index contributed by atoms with van der Waals surface area (Å²) in [6, 6.07) is 0. The first kappa shape index (κ1) is 16.2. The fourth-order valence-electron chi connectivity index (χ4n) is 2.84. The summed E-state index contributed by atoms with van der Waals surface area (Å²) >= 11 is 0. The normalized spacial score (nSPS) is 14.2.